The molecule has 1 aromatic carbocycles. The van der Waals surface area contributed by atoms with Crippen molar-refractivity contribution in [2.45, 2.75) is 50.5 Å². The number of benzene rings is 1. The molecule has 1 amide bonds. The second-order valence-corrected chi connectivity index (χ2v) is 10.9. The Hall–Kier alpha value is -2.85. The van der Waals surface area contributed by atoms with E-state index in [0.717, 1.165) is 61.5 Å². The van der Waals surface area contributed by atoms with E-state index >= 15 is 0 Å². The topological polar surface area (TPSA) is 88.4 Å². The van der Waals surface area contributed by atoms with Crippen LogP contribution in [0.4, 0.5) is 4.39 Å². The van der Waals surface area contributed by atoms with Gasteiger partial charge in [-0.1, -0.05) is 6.42 Å². The van der Waals surface area contributed by atoms with Crippen LogP contribution in [-0.4, -0.2) is 64.2 Å². The molecule has 0 saturated carbocycles. The Kier molecular flexibility index (Phi) is 6.11. The zero-order valence-electron chi connectivity index (χ0n) is 19.2. The summed E-state index contributed by atoms with van der Waals surface area (Å²) in [6.45, 7) is 3.94. The largest absolute Gasteiger partial charge is 0.337 e. The van der Waals surface area contributed by atoms with Gasteiger partial charge in [-0.3, -0.25) is 4.79 Å². The number of nitrogens with zero attached hydrogens (tertiary/aromatic N) is 5. The third kappa shape index (κ3) is 4.20. The minimum atomic E-state index is -3.76. The fraction of sp³-hybridized carbons (Fsp3) is 0.458. The zero-order valence-corrected chi connectivity index (χ0v) is 20.0. The molecule has 10 heteroatoms. The van der Waals surface area contributed by atoms with Gasteiger partial charge >= 0.3 is 0 Å². The number of sulfonamides is 1. The molecule has 0 spiro atoms. The van der Waals surface area contributed by atoms with E-state index in [-0.39, 0.29) is 23.9 Å². The zero-order chi connectivity index (χ0) is 23.9. The van der Waals surface area contributed by atoms with Crippen molar-refractivity contribution < 1.29 is 17.6 Å². The van der Waals surface area contributed by atoms with Crippen LogP contribution in [0.1, 0.15) is 47.6 Å². The fourth-order valence-electron chi connectivity index (χ4n) is 4.84. The van der Waals surface area contributed by atoms with E-state index < -0.39 is 15.8 Å². The summed E-state index contributed by atoms with van der Waals surface area (Å²) in [5.74, 6) is 0.346. The molecule has 5 rings (SSSR count). The molecule has 180 valence electrons. The number of hydrogen-bond donors (Lipinski definition) is 0. The minimum Gasteiger partial charge on any atom is -0.337 e. The molecule has 1 saturated heterocycles. The van der Waals surface area contributed by atoms with E-state index in [9.17, 15) is 17.6 Å². The molecule has 2 aliphatic heterocycles. The summed E-state index contributed by atoms with van der Waals surface area (Å²) in [4.78, 5) is 24.9. The second-order valence-electron chi connectivity index (χ2n) is 8.98. The van der Waals surface area contributed by atoms with Gasteiger partial charge in [0.25, 0.3) is 5.91 Å². The number of carbonyl (C=O) groups excluding carboxylic acids is 1. The monoisotopic (exact) mass is 485 g/mol. The van der Waals surface area contributed by atoms with Crippen LogP contribution in [0.15, 0.2) is 35.2 Å². The molecule has 4 heterocycles. The molecular weight excluding hydrogens is 457 g/mol. The summed E-state index contributed by atoms with van der Waals surface area (Å²) >= 11 is 0. The lowest BCUT2D eigenvalue weighted by atomic mass is 10.1. The van der Waals surface area contributed by atoms with Gasteiger partial charge in [0, 0.05) is 44.8 Å². The Bertz CT molecular complexity index is 1340. The average molecular weight is 486 g/mol. The fourth-order valence-corrected chi connectivity index (χ4v) is 6.31. The Balaban J connectivity index is 1.40. The lowest BCUT2D eigenvalue weighted by Crippen LogP contribution is -2.37. The summed E-state index contributed by atoms with van der Waals surface area (Å²) in [5.41, 5.74) is 2.68. The van der Waals surface area contributed by atoms with E-state index in [4.69, 9.17) is 9.97 Å². The maximum atomic E-state index is 13.6. The molecule has 1 fully saturated rings. The van der Waals surface area contributed by atoms with E-state index in [1.807, 2.05) is 6.92 Å². The van der Waals surface area contributed by atoms with Crippen LogP contribution in [0.25, 0.3) is 11.2 Å². The van der Waals surface area contributed by atoms with Gasteiger partial charge in [0.2, 0.25) is 10.0 Å². The minimum absolute atomic E-state index is 0.0552. The first-order chi connectivity index (χ1) is 16.3. The number of amides is 1. The Morgan fingerprint density at radius 2 is 1.74 bits per heavy atom. The lowest BCUT2D eigenvalue weighted by Gasteiger charge is -2.22. The highest BCUT2D eigenvalue weighted by Crippen LogP contribution is 2.26. The average Bonchev–Trinajstić information content (AvgIpc) is 3.01. The molecule has 0 aliphatic carbocycles. The quantitative estimate of drug-likeness (QED) is 0.569. The molecule has 8 nitrogen and oxygen atoms in total. The number of aryl methyl sites for hydroxylation is 3. The van der Waals surface area contributed by atoms with Crippen molar-refractivity contribution in [2.75, 3.05) is 26.2 Å². The van der Waals surface area contributed by atoms with Gasteiger partial charge in [-0.25, -0.2) is 22.8 Å². The van der Waals surface area contributed by atoms with E-state index in [0.29, 0.717) is 30.6 Å². The van der Waals surface area contributed by atoms with Crippen LogP contribution in [0, 0.1) is 12.7 Å². The number of carbonyl (C=O) groups is 1. The first kappa shape index (κ1) is 22.9. The van der Waals surface area contributed by atoms with Crippen LogP contribution in [0.3, 0.4) is 0 Å². The van der Waals surface area contributed by atoms with Crippen LogP contribution in [0.5, 0.6) is 0 Å². The number of aromatic nitrogens is 3. The second kappa shape index (κ2) is 9.07. The van der Waals surface area contributed by atoms with Crippen molar-refractivity contribution in [1.82, 2.24) is 23.7 Å². The highest BCUT2D eigenvalue weighted by Gasteiger charge is 2.30. The van der Waals surface area contributed by atoms with Gasteiger partial charge in [0.05, 0.1) is 10.5 Å². The molecule has 34 heavy (non-hydrogen) atoms. The number of pyridine rings is 1. The van der Waals surface area contributed by atoms with Gasteiger partial charge < -0.3 is 9.47 Å². The smallest absolute Gasteiger partial charge is 0.256 e. The maximum absolute atomic E-state index is 13.6. The number of imidazole rings is 1. The molecular formula is C24H28FN5O3S. The predicted octanol–water partition coefficient (Wildman–Crippen LogP) is 3.14. The number of halogens is 1. The summed E-state index contributed by atoms with van der Waals surface area (Å²) < 4.78 is 42.8. The summed E-state index contributed by atoms with van der Waals surface area (Å²) in [7, 11) is -3.76. The molecule has 0 unspecified atom stereocenters. The Morgan fingerprint density at radius 3 is 2.53 bits per heavy atom. The van der Waals surface area contributed by atoms with Crippen molar-refractivity contribution in [3.8, 4) is 0 Å². The molecule has 0 atom stereocenters. The third-order valence-corrected chi connectivity index (χ3v) is 8.53. The Morgan fingerprint density at radius 1 is 0.941 bits per heavy atom. The van der Waals surface area contributed by atoms with Crippen LogP contribution >= 0.6 is 0 Å². The molecule has 0 radical (unpaired) electrons. The van der Waals surface area contributed by atoms with Gasteiger partial charge in [-0.05, 0) is 56.5 Å². The van der Waals surface area contributed by atoms with Gasteiger partial charge in [-0.2, -0.15) is 4.31 Å². The van der Waals surface area contributed by atoms with Gasteiger partial charge in [0.1, 0.15) is 17.2 Å². The molecule has 2 aromatic heterocycles. The maximum Gasteiger partial charge on any atom is 0.256 e. The van der Waals surface area contributed by atoms with E-state index in [1.165, 1.54) is 16.4 Å². The highest BCUT2D eigenvalue weighted by molar-refractivity contribution is 7.89. The van der Waals surface area contributed by atoms with Gasteiger partial charge in [0.15, 0.2) is 5.65 Å². The number of hydrogen-bond acceptors (Lipinski definition) is 5. The lowest BCUT2D eigenvalue weighted by molar-refractivity contribution is 0.0766. The molecule has 0 bridgehead atoms. The Labute approximate surface area is 198 Å². The van der Waals surface area contributed by atoms with Crippen LogP contribution < -0.4 is 0 Å². The van der Waals surface area contributed by atoms with Crippen molar-refractivity contribution >= 4 is 27.1 Å². The highest BCUT2D eigenvalue weighted by atomic mass is 32.2. The standard InChI is InChI=1S/C24H28FN5O3S/c1-17-16-20(22-23(26-17)30-13-4-2-3-6-21(30)27-22)24(31)28-11-5-12-29(15-14-28)34(32,33)19-9-7-18(25)8-10-19/h7-10,16H,2-6,11-15H2,1H3. The van der Waals surface area contributed by atoms with Crippen LogP contribution in [0.2, 0.25) is 0 Å². The summed E-state index contributed by atoms with van der Waals surface area (Å²) in [6, 6.07) is 6.62. The van der Waals surface area contributed by atoms with Crippen molar-refractivity contribution in [1.29, 1.82) is 0 Å². The van der Waals surface area contributed by atoms with Crippen LogP contribution in [-0.2, 0) is 23.0 Å². The number of fused-ring (bicyclic) bond motifs is 3. The molecule has 3 aromatic rings. The first-order valence-electron chi connectivity index (χ1n) is 11.8. The molecule has 2 aliphatic rings. The van der Waals surface area contributed by atoms with Gasteiger partial charge in [-0.15, -0.1) is 0 Å². The van der Waals surface area contributed by atoms with Crippen molar-refractivity contribution in [3.05, 3.63) is 53.2 Å². The summed E-state index contributed by atoms with van der Waals surface area (Å²) in [5, 5.41) is 0. The van der Waals surface area contributed by atoms with E-state index in [1.54, 1.807) is 11.0 Å². The number of rotatable bonds is 3. The SMILES string of the molecule is Cc1cc(C(=O)N2CCCN(S(=O)(=O)c3ccc(F)cc3)CC2)c2nc3n(c2n1)CCCCC3. The van der Waals surface area contributed by atoms with Crippen molar-refractivity contribution in [3.63, 3.8) is 0 Å². The summed E-state index contributed by atoms with van der Waals surface area (Å²) in [6.07, 6.45) is 4.70. The predicted molar refractivity (Wildman–Crippen MR) is 125 cm³/mol. The molecule has 0 N–H and O–H groups in total. The van der Waals surface area contributed by atoms with Crippen molar-refractivity contribution in [2.24, 2.45) is 0 Å². The van der Waals surface area contributed by atoms with E-state index in [2.05, 4.69) is 4.57 Å². The first-order valence-corrected chi connectivity index (χ1v) is 13.2. The normalized spacial score (nSPS) is 17.9. The third-order valence-electron chi connectivity index (χ3n) is 6.62.